The predicted molar refractivity (Wildman–Crippen MR) is 116 cm³/mol. The van der Waals surface area contributed by atoms with Gasteiger partial charge in [-0.05, 0) is 66.4 Å². The lowest BCUT2D eigenvalue weighted by Crippen LogP contribution is -2.29. The van der Waals surface area contributed by atoms with Gasteiger partial charge in [0.2, 0.25) is 0 Å². The first-order valence-electron chi connectivity index (χ1n) is 9.42. The van der Waals surface area contributed by atoms with Crippen LogP contribution in [0.2, 0.25) is 5.02 Å². The van der Waals surface area contributed by atoms with E-state index < -0.39 is 17.7 Å². The Morgan fingerprint density at radius 1 is 1.10 bits per heavy atom. The number of ether oxygens (including phenoxy) is 2. The molecule has 0 aromatic heterocycles. The summed E-state index contributed by atoms with van der Waals surface area (Å²) in [4.78, 5) is 12.8. The standard InChI is InChI=1S/C24H25ClO4/c1-24(2,3)29-22(23(27)28-4)21-17(14-26)13-16-7-5-6-8-19(16)20(21)15-9-11-18(25)12-10-15/h5-13,22,26H,14H2,1-4H3/t22-/m0/s1. The molecule has 4 nitrogen and oxygen atoms in total. The molecule has 0 aliphatic carbocycles. The van der Waals surface area contributed by atoms with Crippen LogP contribution in [0, 0.1) is 0 Å². The summed E-state index contributed by atoms with van der Waals surface area (Å²) in [6.45, 7) is 5.40. The van der Waals surface area contributed by atoms with E-state index >= 15 is 0 Å². The number of hydrogen-bond acceptors (Lipinski definition) is 4. The minimum Gasteiger partial charge on any atom is -0.467 e. The van der Waals surface area contributed by atoms with E-state index in [1.165, 1.54) is 7.11 Å². The highest BCUT2D eigenvalue weighted by molar-refractivity contribution is 6.30. The van der Waals surface area contributed by atoms with Crippen molar-refractivity contribution in [1.29, 1.82) is 0 Å². The van der Waals surface area contributed by atoms with Crippen molar-refractivity contribution >= 4 is 28.3 Å². The lowest BCUT2D eigenvalue weighted by atomic mass is 9.87. The number of hydrogen-bond donors (Lipinski definition) is 1. The number of rotatable bonds is 5. The molecule has 3 rings (SSSR count). The van der Waals surface area contributed by atoms with Gasteiger partial charge in [0.05, 0.1) is 19.3 Å². The zero-order valence-corrected chi connectivity index (χ0v) is 17.8. The van der Waals surface area contributed by atoms with Gasteiger partial charge in [-0.15, -0.1) is 0 Å². The molecule has 152 valence electrons. The van der Waals surface area contributed by atoms with Crippen molar-refractivity contribution in [3.05, 3.63) is 70.7 Å². The van der Waals surface area contributed by atoms with E-state index in [1.54, 1.807) is 12.1 Å². The zero-order chi connectivity index (χ0) is 21.2. The van der Waals surface area contributed by atoms with Gasteiger partial charge < -0.3 is 14.6 Å². The normalized spacial score (nSPS) is 12.8. The van der Waals surface area contributed by atoms with Crippen molar-refractivity contribution < 1.29 is 19.4 Å². The monoisotopic (exact) mass is 412 g/mol. The van der Waals surface area contributed by atoms with Crippen LogP contribution in [0.3, 0.4) is 0 Å². The number of methoxy groups -OCH3 is 1. The molecule has 3 aromatic rings. The summed E-state index contributed by atoms with van der Waals surface area (Å²) in [7, 11) is 1.34. The van der Waals surface area contributed by atoms with Crippen LogP contribution >= 0.6 is 11.6 Å². The molecule has 0 heterocycles. The zero-order valence-electron chi connectivity index (χ0n) is 17.0. The quantitative estimate of drug-likeness (QED) is 0.547. The maximum Gasteiger partial charge on any atom is 0.339 e. The summed E-state index contributed by atoms with van der Waals surface area (Å²) in [5.41, 5.74) is 2.32. The highest BCUT2D eigenvalue weighted by Gasteiger charge is 2.33. The molecule has 0 unspecified atom stereocenters. The smallest absolute Gasteiger partial charge is 0.339 e. The molecular formula is C24H25ClO4. The Balaban J connectivity index is 2.40. The molecule has 0 fully saturated rings. The topological polar surface area (TPSA) is 55.8 Å². The van der Waals surface area contributed by atoms with Gasteiger partial charge in [-0.2, -0.15) is 0 Å². The number of fused-ring (bicyclic) bond motifs is 1. The van der Waals surface area contributed by atoms with Gasteiger partial charge in [0.25, 0.3) is 0 Å². The van der Waals surface area contributed by atoms with Gasteiger partial charge >= 0.3 is 5.97 Å². The summed E-state index contributed by atoms with van der Waals surface area (Å²) in [6, 6.07) is 17.2. The first-order valence-corrected chi connectivity index (χ1v) is 9.80. The van der Waals surface area contributed by atoms with Gasteiger partial charge in [0, 0.05) is 10.6 Å². The highest BCUT2D eigenvalue weighted by atomic mass is 35.5. The van der Waals surface area contributed by atoms with Gasteiger partial charge in [0.15, 0.2) is 6.10 Å². The van der Waals surface area contributed by atoms with E-state index in [0.717, 1.165) is 21.9 Å². The van der Waals surface area contributed by atoms with Crippen LogP contribution in [0.1, 0.15) is 38.0 Å². The first kappa shape index (κ1) is 21.3. The maximum atomic E-state index is 12.8. The summed E-state index contributed by atoms with van der Waals surface area (Å²) in [6.07, 6.45) is -0.988. The Kier molecular flexibility index (Phi) is 6.27. The third kappa shape index (κ3) is 4.61. The van der Waals surface area contributed by atoms with E-state index in [1.807, 2.05) is 63.2 Å². The van der Waals surface area contributed by atoms with Gasteiger partial charge in [0.1, 0.15) is 0 Å². The van der Waals surface area contributed by atoms with Crippen LogP contribution < -0.4 is 0 Å². The molecule has 0 aliphatic heterocycles. The van der Waals surface area contributed by atoms with Crippen molar-refractivity contribution in [2.24, 2.45) is 0 Å². The predicted octanol–water partition coefficient (Wildman–Crippen LogP) is 5.68. The number of carbonyl (C=O) groups is 1. The van der Waals surface area contributed by atoms with E-state index in [4.69, 9.17) is 21.1 Å². The van der Waals surface area contributed by atoms with Crippen molar-refractivity contribution in [3.63, 3.8) is 0 Å². The van der Waals surface area contributed by atoms with Crippen LogP contribution in [0.5, 0.6) is 0 Å². The third-order valence-electron chi connectivity index (χ3n) is 4.63. The SMILES string of the molecule is COC(=O)[C@@H](OC(C)(C)C)c1c(CO)cc2ccccc2c1-c1ccc(Cl)cc1. The minimum atomic E-state index is -0.988. The van der Waals surface area contributed by atoms with Crippen LogP contribution in [-0.4, -0.2) is 23.8 Å². The molecule has 0 bridgehead atoms. The van der Waals surface area contributed by atoms with E-state index in [0.29, 0.717) is 16.1 Å². The molecule has 29 heavy (non-hydrogen) atoms. The highest BCUT2D eigenvalue weighted by Crippen LogP contribution is 2.41. The fourth-order valence-electron chi connectivity index (χ4n) is 3.46. The Morgan fingerprint density at radius 2 is 1.76 bits per heavy atom. The number of halogens is 1. The molecule has 1 N–H and O–H groups in total. The fourth-order valence-corrected chi connectivity index (χ4v) is 3.59. The molecule has 0 spiro atoms. The van der Waals surface area contributed by atoms with E-state index in [-0.39, 0.29) is 6.61 Å². The summed E-state index contributed by atoms with van der Waals surface area (Å²) in [5.74, 6) is -0.514. The molecule has 3 aromatic carbocycles. The molecule has 0 amide bonds. The number of aliphatic hydroxyl groups is 1. The maximum absolute atomic E-state index is 12.8. The lowest BCUT2D eigenvalue weighted by molar-refractivity contribution is -0.164. The van der Waals surface area contributed by atoms with Crippen LogP contribution in [-0.2, 0) is 20.9 Å². The molecule has 5 heteroatoms. The Morgan fingerprint density at radius 3 is 2.34 bits per heavy atom. The average molecular weight is 413 g/mol. The van der Waals surface area contributed by atoms with Crippen molar-refractivity contribution in [2.75, 3.05) is 7.11 Å². The van der Waals surface area contributed by atoms with Crippen LogP contribution in [0.25, 0.3) is 21.9 Å². The largest absolute Gasteiger partial charge is 0.467 e. The van der Waals surface area contributed by atoms with E-state index in [9.17, 15) is 9.90 Å². The first-order chi connectivity index (χ1) is 13.7. The minimum absolute atomic E-state index is 0.234. The van der Waals surface area contributed by atoms with Gasteiger partial charge in [-0.1, -0.05) is 48.0 Å². The second-order valence-corrected chi connectivity index (χ2v) is 8.28. The third-order valence-corrected chi connectivity index (χ3v) is 4.88. The van der Waals surface area contributed by atoms with E-state index in [2.05, 4.69) is 0 Å². The van der Waals surface area contributed by atoms with Gasteiger partial charge in [-0.3, -0.25) is 0 Å². The summed E-state index contributed by atoms with van der Waals surface area (Å²) in [5, 5.41) is 12.7. The number of esters is 1. The van der Waals surface area contributed by atoms with Crippen molar-refractivity contribution in [3.8, 4) is 11.1 Å². The van der Waals surface area contributed by atoms with Crippen LogP contribution in [0.15, 0.2) is 54.6 Å². The summed E-state index contributed by atoms with van der Waals surface area (Å²) >= 11 is 6.10. The molecule has 0 saturated carbocycles. The van der Waals surface area contributed by atoms with Gasteiger partial charge in [-0.25, -0.2) is 4.79 Å². The Labute approximate surface area is 176 Å². The van der Waals surface area contributed by atoms with Crippen molar-refractivity contribution in [2.45, 2.75) is 39.1 Å². The molecule has 0 radical (unpaired) electrons. The van der Waals surface area contributed by atoms with Crippen LogP contribution in [0.4, 0.5) is 0 Å². The molecular weight excluding hydrogens is 388 g/mol. The molecule has 0 saturated heterocycles. The number of aliphatic hydroxyl groups excluding tert-OH is 1. The molecule has 1 atom stereocenters. The second kappa shape index (κ2) is 8.54. The number of benzene rings is 3. The Hall–Kier alpha value is -2.40. The summed E-state index contributed by atoms with van der Waals surface area (Å²) < 4.78 is 11.2. The molecule has 0 aliphatic rings. The average Bonchev–Trinajstić information content (AvgIpc) is 2.70. The second-order valence-electron chi connectivity index (χ2n) is 7.84. The fraction of sp³-hybridized carbons (Fsp3) is 0.292. The van der Waals surface area contributed by atoms with Crippen molar-refractivity contribution in [1.82, 2.24) is 0 Å². The lowest BCUT2D eigenvalue weighted by Gasteiger charge is -2.29. The Bertz CT molecular complexity index is 1020. The number of carbonyl (C=O) groups excluding carboxylic acids is 1.